The molecular weight excluding hydrogens is 398 g/mol. The predicted molar refractivity (Wildman–Crippen MR) is 114 cm³/mol. The van der Waals surface area contributed by atoms with Crippen molar-refractivity contribution in [2.45, 2.75) is 44.5 Å². The Kier molecular flexibility index (Phi) is 5.52. The van der Waals surface area contributed by atoms with Gasteiger partial charge in [-0.2, -0.15) is 10.1 Å². The molecule has 1 aliphatic carbocycles. The number of aromatic carboxylic acids is 1. The van der Waals surface area contributed by atoms with Gasteiger partial charge in [-0.1, -0.05) is 31.4 Å². The zero-order chi connectivity index (χ0) is 21.2. The van der Waals surface area contributed by atoms with Crippen molar-refractivity contribution in [1.82, 2.24) is 19.7 Å². The maximum absolute atomic E-state index is 11.2. The summed E-state index contributed by atoms with van der Waals surface area (Å²) in [5.74, 6) is 0.0640. The Bertz CT molecular complexity index is 1080. The molecule has 0 radical (unpaired) electrons. The lowest BCUT2D eigenvalue weighted by atomic mass is 9.98. The summed E-state index contributed by atoms with van der Waals surface area (Å²) in [5.41, 5.74) is 0.858. The number of rotatable bonds is 5. The summed E-state index contributed by atoms with van der Waals surface area (Å²) in [7, 11) is 0. The van der Waals surface area contributed by atoms with Crippen LogP contribution in [0.3, 0.4) is 0 Å². The van der Waals surface area contributed by atoms with Gasteiger partial charge < -0.3 is 19.5 Å². The van der Waals surface area contributed by atoms with E-state index < -0.39 is 5.97 Å². The van der Waals surface area contributed by atoms with E-state index in [0.29, 0.717) is 25.6 Å². The average Bonchev–Trinajstić information content (AvgIpc) is 3.30. The van der Waals surface area contributed by atoms with Crippen molar-refractivity contribution >= 4 is 22.7 Å². The minimum absolute atomic E-state index is 0.0885. The number of para-hydroxylation sites is 1. The van der Waals surface area contributed by atoms with Crippen molar-refractivity contribution in [3.63, 3.8) is 0 Å². The second kappa shape index (κ2) is 8.60. The van der Waals surface area contributed by atoms with E-state index in [1.54, 1.807) is 0 Å². The van der Waals surface area contributed by atoms with Gasteiger partial charge in [0.1, 0.15) is 5.82 Å². The third kappa shape index (κ3) is 4.24. The highest BCUT2D eigenvalue weighted by Gasteiger charge is 2.27. The second-order valence-corrected chi connectivity index (χ2v) is 7.99. The number of carboxylic acid groups (broad SMARTS) is 1. The van der Waals surface area contributed by atoms with Crippen molar-refractivity contribution in [3.05, 3.63) is 42.2 Å². The molecule has 1 aromatic carbocycles. The van der Waals surface area contributed by atoms with Crippen LogP contribution in [0.1, 0.15) is 42.5 Å². The Morgan fingerprint density at radius 1 is 1.16 bits per heavy atom. The molecule has 5 rings (SSSR count). The van der Waals surface area contributed by atoms with E-state index in [2.05, 4.69) is 15.0 Å². The van der Waals surface area contributed by atoms with Crippen LogP contribution in [0.2, 0.25) is 0 Å². The normalized spacial score (nSPS) is 20.3. The van der Waals surface area contributed by atoms with Gasteiger partial charge in [0, 0.05) is 18.1 Å². The van der Waals surface area contributed by atoms with Crippen molar-refractivity contribution < 1.29 is 19.4 Å². The number of carboxylic acids is 1. The summed E-state index contributed by atoms with van der Waals surface area (Å²) >= 11 is 0. The van der Waals surface area contributed by atoms with E-state index in [-0.39, 0.29) is 18.0 Å². The molecule has 9 heteroatoms. The van der Waals surface area contributed by atoms with Gasteiger partial charge in [0.25, 0.3) is 5.95 Å². The molecular formula is C22H25N5O4. The highest BCUT2D eigenvalue weighted by atomic mass is 16.7. The molecule has 9 nitrogen and oxygen atoms in total. The molecule has 2 aromatic heterocycles. The largest absolute Gasteiger partial charge is 0.478 e. The molecule has 0 bridgehead atoms. The zero-order valence-corrected chi connectivity index (χ0v) is 17.2. The molecule has 1 atom stereocenters. The van der Waals surface area contributed by atoms with E-state index in [9.17, 15) is 9.90 Å². The Balaban J connectivity index is 1.45. The number of fused-ring (bicyclic) bond motifs is 1. The number of ether oxygens (including phenoxy) is 2. The molecule has 3 aromatic rings. The fourth-order valence-electron chi connectivity index (χ4n) is 4.24. The van der Waals surface area contributed by atoms with Crippen LogP contribution in [0.25, 0.3) is 16.9 Å². The van der Waals surface area contributed by atoms with Crippen LogP contribution in [-0.2, 0) is 9.47 Å². The van der Waals surface area contributed by atoms with Gasteiger partial charge in [0.15, 0.2) is 6.29 Å². The SMILES string of the molecule is O=C(O)c1cnn(-c2nc(N3CCOC(OC4CCCCC4)C3)c3ccccc3n2)c1. The van der Waals surface area contributed by atoms with Crippen molar-refractivity contribution in [1.29, 1.82) is 0 Å². The van der Waals surface area contributed by atoms with Crippen LogP contribution in [-0.4, -0.2) is 62.9 Å². The second-order valence-electron chi connectivity index (χ2n) is 7.99. The molecule has 2 aliphatic rings. The molecule has 1 saturated heterocycles. The Hall–Kier alpha value is -3.04. The summed E-state index contributed by atoms with van der Waals surface area (Å²) in [5, 5.41) is 14.3. The number of benzene rings is 1. The molecule has 0 spiro atoms. The first kappa shape index (κ1) is 19.9. The topological polar surface area (TPSA) is 103 Å². The standard InChI is InChI=1S/C22H25N5O4/c28-21(29)15-12-23-27(13-15)22-24-18-9-5-4-8-17(18)20(25-22)26-10-11-30-19(14-26)31-16-6-2-1-3-7-16/h4-5,8-9,12-13,16,19H,1-3,6-7,10-11,14H2,(H,28,29). The molecule has 1 N–H and O–H groups in total. The molecule has 162 valence electrons. The maximum Gasteiger partial charge on any atom is 0.338 e. The fourth-order valence-corrected chi connectivity index (χ4v) is 4.24. The van der Waals surface area contributed by atoms with E-state index in [1.165, 1.54) is 36.3 Å². The summed E-state index contributed by atoms with van der Waals surface area (Å²) in [6.45, 7) is 1.82. The highest BCUT2D eigenvalue weighted by Crippen LogP contribution is 2.28. The van der Waals surface area contributed by atoms with Crippen molar-refractivity contribution in [2.24, 2.45) is 0 Å². The third-order valence-corrected chi connectivity index (χ3v) is 5.84. The first-order valence-electron chi connectivity index (χ1n) is 10.7. The summed E-state index contributed by atoms with van der Waals surface area (Å²) in [6.07, 6.45) is 8.56. The Morgan fingerprint density at radius 3 is 2.81 bits per heavy atom. The van der Waals surface area contributed by atoms with E-state index >= 15 is 0 Å². The van der Waals surface area contributed by atoms with Gasteiger partial charge in [0.2, 0.25) is 0 Å². The fraction of sp³-hybridized carbons (Fsp3) is 0.455. The van der Waals surface area contributed by atoms with E-state index in [0.717, 1.165) is 29.6 Å². The number of anilines is 1. The lowest BCUT2D eigenvalue weighted by Crippen LogP contribution is -2.45. The number of morpholine rings is 1. The van der Waals surface area contributed by atoms with Crippen molar-refractivity contribution in [2.75, 3.05) is 24.6 Å². The average molecular weight is 423 g/mol. The minimum atomic E-state index is -1.04. The number of aromatic nitrogens is 4. The first-order chi connectivity index (χ1) is 15.2. The number of carbonyl (C=O) groups is 1. The Labute approximate surface area is 179 Å². The van der Waals surface area contributed by atoms with Crippen LogP contribution in [0.5, 0.6) is 0 Å². The molecule has 1 aliphatic heterocycles. The van der Waals surface area contributed by atoms with Gasteiger partial charge in [-0.05, 0) is 25.0 Å². The number of hydrogen-bond donors (Lipinski definition) is 1. The smallest absolute Gasteiger partial charge is 0.338 e. The van der Waals surface area contributed by atoms with Gasteiger partial charge in [-0.3, -0.25) is 0 Å². The quantitative estimate of drug-likeness (QED) is 0.668. The van der Waals surface area contributed by atoms with Crippen LogP contribution >= 0.6 is 0 Å². The molecule has 0 amide bonds. The zero-order valence-electron chi connectivity index (χ0n) is 17.2. The molecule has 1 unspecified atom stereocenters. The monoisotopic (exact) mass is 423 g/mol. The summed E-state index contributed by atoms with van der Waals surface area (Å²) in [4.78, 5) is 22.8. The summed E-state index contributed by atoms with van der Waals surface area (Å²) in [6, 6.07) is 7.79. The van der Waals surface area contributed by atoms with Gasteiger partial charge >= 0.3 is 5.97 Å². The summed E-state index contributed by atoms with van der Waals surface area (Å²) < 4.78 is 13.5. The predicted octanol–water partition coefficient (Wildman–Crippen LogP) is 3.03. The van der Waals surface area contributed by atoms with Gasteiger partial charge in [-0.15, -0.1) is 0 Å². The van der Waals surface area contributed by atoms with Gasteiger partial charge in [-0.25, -0.2) is 14.5 Å². The van der Waals surface area contributed by atoms with Crippen LogP contribution in [0.15, 0.2) is 36.7 Å². The molecule has 1 saturated carbocycles. The lowest BCUT2D eigenvalue weighted by Gasteiger charge is -2.36. The van der Waals surface area contributed by atoms with E-state index in [1.807, 2.05) is 24.3 Å². The van der Waals surface area contributed by atoms with Gasteiger partial charge in [0.05, 0.1) is 36.5 Å². The lowest BCUT2D eigenvalue weighted by molar-refractivity contribution is -0.179. The van der Waals surface area contributed by atoms with Crippen molar-refractivity contribution in [3.8, 4) is 5.95 Å². The number of nitrogens with zero attached hydrogens (tertiary/aromatic N) is 5. The number of hydrogen-bond acceptors (Lipinski definition) is 7. The minimum Gasteiger partial charge on any atom is -0.478 e. The molecule has 2 fully saturated rings. The molecule has 3 heterocycles. The van der Waals surface area contributed by atoms with Crippen LogP contribution in [0, 0.1) is 0 Å². The highest BCUT2D eigenvalue weighted by molar-refractivity contribution is 5.90. The Morgan fingerprint density at radius 2 is 2.00 bits per heavy atom. The third-order valence-electron chi connectivity index (χ3n) is 5.84. The van der Waals surface area contributed by atoms with Crippen LogP contribution < -0.4 is 4.90 Å². The maximum atomic E-state index is 11.2. The van der Waals surface area contributed by atoms with Crippen LogP contribution in [0.4, 0.5) is 5.82 Å². The van der Waals surface area contributed by atoms with E-state index in [4.69, 9.17) is 14.5 Å². The first-order valence-corrected chi connectivity index (χ1v) is 10.7. The molecule has 31 heavy (non-hydrogen) atoms.